The minimum atomic E-state index is 0.0244. The van der Waals surface area contributed by atoms with Crippen LogP contribution in [0.25, 0.3) is 0 Å². The summed E-state index contributed by atoms with van der Waals surface area (Å²) in [6, 6.07) is 0. The van der Waals surface area contributed by atoms with Crippen LogP contribution in [0, 0.1) is 5.41 Å². The predicted octanol–water partition coefficient (Wildman–Crippen LogP) is 2.31. The van der Waals surface area contributed by atoms with E-state index in [1.807, 2.05) is 13.8 Å². The molecular weight excluding hydrogens is 136 g/mol. The van der Waals surface area contributed by atoms with Crippen molar-refractivity contribution in [2.24, 2.45) is 16.1 Å². The van der Waals surface area contributed by atoms with Gasteiger partial charge in [-0.1, -0.05) is 20.8 Å². The van der Waals surface area contributed by atoms with Crippen molar-refractivity contribution in [3.05, 3.63) is 11.4 Å². The third-order valence-electron chi connectivity index (χ3n) is 1.52. The van der Waals surface area contributed by atoms with Gasteiger partial charge in [-0.05, 0) is 13.8 Å². The van der Waals surface area contributed by atoms with E-state index in [1.54, 1.807) is 6.21 Å². The summed E-state index contributed by atoms with van der Waals surface area (Å²) in [6.45, 7) is 10.1. The summed E-state index contributed by atoms with van der Waals surface area (Å²) in [5.41, 5.74) is 7.64. The number of allylic oxidation sites excluding steroid dienone is 2. The van der Waals surface area contributed by atoms with E-state index < -0.39 is 0 Å². The van der Waals surface area contributed by atoms with Crippen molar-refractivity contribution in [1.29, 1.82) is 0 Å². The van der Waals surface area contributed by atoms with E-state index in [-0.39, 0.29) is 5.41 Å². The molecule has 0 aliphatic rings. The highest BCUT2D eigenvalue weighted by Gasteiger charge is 2.15. The topological polar surface area (TPSA) is 38.4 Å². The van der Waals surface area contributed by atoms with Crippen molar-refractivity contribution in [2.75, 3.05) is 0 Å². The molecule has 2 N–H and O–H groups in total. The molecule has 2 nitrogen and oxygen atoms in total. The Morgan fingerprint density at radius 1 is 1.36 bits per heavy atom. The molecular formula is C9H18N2. The number of aliphatic imine (C=N–C) groups is 1. The van der Waals surface area contributed by atoms with E-state index in [4.69, 9.17) is 5.73 Å². The van der Waals surface area contributed by atoms with Gasteiger partial charge in [0.1, 0.15) is 0 Å². The first kappa shape index (κ1) is 10.2. The average Bonchev–Trinajstić information content (AvgIpc) is 1.85. The fraction of sp³-hybridized carbons (Fsp3) is 0.667. The van der Waals surface area contributed by atoms with Crippen molar-refractivity contribution >= 4 is 6.21 Å². The Kier molecular flexibility index (Phi) is 3.30. The molecule has 64 valence electrons. The molecule has 0 bridgehead atoms. The number of nitrogens with zero attached hydrogens (tertiary/aromatic N) is 1. The van der Waals surface area contributed by atoms with E-state index in [2.05, 4.69) is 25.8 Å². The van der Waals surface area contributed by atoms with Crippen molar-refractivity contribution in [3.8, 4) is 0 Å². The summed E-state index contributed by atoms with van der Waals surface area (Å²) in [5.74, 6) is 0. The zero-order chi connectivity index (χ0) is 9.07. The monoisotopic (exact) mass is 154 g/mol. The Morgan fingerprint density at radius 3 is 2.09 bits per heavy atom. The molecule has 0 saturated heterocycles. The van der Waals surface area contributed by atoms with Gasteiger partial charge in [0.15, 0.2) is 0 Å². The largest absolute Gasteiger partial charge is 0.400 e. The van der Waals surface area contributed by atoms with Gasteiger partial charge in [0.2, 0.25) is 0 Å². The summed E-state index contributed by atoms with van der Waals surface area (Å²) >= 11 is 0. The molecule has 11 heavy (non-hydrogen) atoms. The Hall–Kier alpha value is -0.790. The fourth-order valence-corrected chi connectivity index (χ4v) is 0.806. The molecule has 0 rings (SSSR count). The summed E-state index contributed by atoms with van der Waals surface area (Å²) in [6.07, 6.45) is 1.76. The number of rotatable bonds is 1. The molecule has 0 aliphatic carbocycles. The van der Waals surface area contributed by atoms with Crippen molar-refractivity contribution < 1.29 is 0 Å². The second-order valence-corrected chi connectivity index (χ2v) is 3.64. The second kappa shape index (κ2) is 3.56. The average molecular weight is 154 g/mol. The highest BCUT2D eigenvalue weighted by atomic mass is 14.8. The minimum Gasteiger partial charge on any atom is -0.400 e. The molecule has 0 fully saturated rings. The predicted molar refractivity (Wildman–Crippen MR) is 50.5 cm³/mol. The Bertz CT molecular complexity index is 182. The maximum atomic E-state index is 5.85. The number of hydrogen-bond donors (Lipinski definition) is 1. The van der Waals surface area contributed by atoms with Gasteiger partial charge >= 0.3 is 0 Å². The van der Waals surface area contributed by atoms with E-state index >= 15 is 0 Å². The standard InChI is InChI=1S/C9H18N2/c1-6-11-7(2)8(10)9(3,4)5/h6H,10H2,1-5H3/b8-7+,11-6?. The number of hydrogen-bond acceptors (Lipinski definition) is 2. The lowest BCUT2D eigenvalue weighted by Gasteiger charge is -2.19. The highest BCUT2D eigenvalue weighted by Crippen LogP contribution is 2.23. The molecule has 0 aliphatic heterocycles. The molecule has 2 heteroatoms. The Morgan fingerprint density at radius 2 is 1.82 bits per heavy atom. The van der Waals surface area contributed by atoms with Gasteiger partial charge in [-0.25, -0.2) is 0 Å². The van der Waals surface area contributed by atoms with Crippen LogP contribution >= 0.6 is 0 Å². The van der Waals surface area contributed by atoms with E-state index in [0.29, 0.717) is 0 Å². The van der Waals surface area contributed by atoms with Gasteiger partial charge in [0.25, 0.3) is 0 Å². The normalized spacial score (nSPS) is 15.4. The minimum absolute atomic E-state index is 0.0244. The molecule has 0 atom stereocenters. The zero-order valence-electron chi connectivity index (χ0n) is 8.10. The summed E-state index contributed by atoms with van der Waals surface area (Å²) in [7, 11) is 0. The van der Waals surface area contributed by atoms with Crippen LogP contribution in [0.4, 0.5) is 0 Å². The van der Waals surface area contributed by atoms with Crippen molar-refractivity contribution in [2.45, 2.75) is 34.6 Å². The summed E-state index contributed by atoms with van der Waals surface area (Å²) < 4.78 is 0. The first-order valence-corrected chi connectivity index (χ1v) is 3.85. The van der Waals surface area contributed by atoms with E-state index in [9.17, 15) is 0 Å². The summed E-state index contributed by atoms with van der Waals surface area (Å²) in [5, 5.41) is 0. The van der Waals surface area contributed by atoms with Gasteiger partial charge in [-0.2, -0.15) is 0 Å². The third kappa shape index (κ3) is 3.21. The molecule has 0 unspecified atom stereocenters. The lowest BCUT2D eigenvalue weighted by atomic mass is 9.91. The van der Waals surface area contributed by atoms with Crippen LogP contribution in [0.1, 0.15) is 34.6 Å². The maximum absolute atomic E-state index is 5.85. The van der Waals surface area contributed by atoms with Crippen LogP contribution in [0.3, 0.4) is 0 Å². The molecule has 0 aromatic rings. The molecule has 0 aromatic heterocycles. The first-order valence-electron chi connectivity index (χ1n) is 3.85. The number of nitrogens with two attached hydrogens (primary N) is 1. The van der Waals surface area contributed by atoms with Gasteiger partial charge < -0.3 is 5.73 Å². The SMILES string of the molecule is CC=N/C(C)=C(/N)C(C)(C)C. The van der Waals surface area contributed by atoms with Crippen LogP contribution in [-0.4, -0.2) is 6.21 Å². The lowest BCUT2D eigenvalue weighted by Crippen LogP contribution is -2.18. The third-order valence-corrected chi connectivity index (χ3v) is 1.52. The highest BCUT2D eigenvalue weighted by molar-refractivity contribution is 5.55. The smallest absolute Gasteiger partial charge is 0.0560 e. The van der Waals surface area contributed by atoms with E-state index in [1.165, 1.54) is 0 Å². The van der Waals surface area contributed by atoms with Gasteiger partial charge in [0, 0.05) is 17.3 Å². The second-order valence-electron chi connectivity index (χ2n) is 3.64. The van der Waals surface area contributed by atoms with Crippen molar-refractivity contribution in [1.82, 2.24) is 0 Å². The molecule has 0 amide bonds. The molecule has 0 radical (unpaired) electrons. The molecule has 0 aromatic carbocycles. The van der Waals surface area contributed by atoms with Crippen LogP contribution in [0.15, 0.2) is 16.4 Å². The molecule has 0 spiro atoms. The molecule has 0 saturated carbocycles. The van der Waals surface area contributed by atoms with Crippen LogP contribution < -0.4 is 5.73 Å². The lowest BCUT2D eigenvalue weighted by molar-refractivity contribution is 0.491. The van der Waals surface area contributed by atoms with Crippen LogP contribution in [-0.2, 0) is 0 Å². The van der Waals surface area contributed by atoms with Crippen molar-refractivity contribution in [3.63, 3.8) is 0 Å². The van der Waals surface area contributed by atoms with Crippen LogP contribution in [0.2, 0.25) is 0 Å². The van der Waals surface area contributed by atoms with Gasteiger partial charge in [-0.15, -0.1) is 0 Å². The molecule has 0 heterocycles. The van der Waals surface area contributed by atoms with Crippen LogP contribution in [0.5, 0.6) is 0 Å². The summed E-state index contributed by atoms with van der Waals surface area (Å²) in [4.78, 5) is 4.12. The fourth-order valence-electron chi connectivity index (χ4n) is 0.806. The van der Waals surface area contributed by atoms with E-state index in [0.717, 1.165) is 11.4 Å². The Labute approximate surface area is 69.2 Å². The quantitative estimate of drug-likeness (QED) is 0.578. The van der Waals surface area contributed by atoms with Gasteiger partial charge in [-0.3, -0.25) is 4.99 Å². The first-order chi connectivity index (χ1) is 4.89. The Balaban J connectivity index is 4.67. The maximum Gasteiger partial charge on any atom is 0.0560 e. The van der Waals surface area contributed by atoms with Gasteiger partial charge in [0.05, 0.1) is 5.70 Å². The zero-order valence-corrected chi connectivity index (χ0v) is 8.10.